The van der Waals surface area contributed by atoms with Crippen molar-refractivity contribution in [1.29, 1.82) is 0 Å². The molecule has 0 radical (unpaired) electrons. The molecule has 1 aliphatic heterocycles. The Balaban J connectivity index is 2.58. The van der Waals surface area contributed by atoms with Crippen LogP contribution in [0.1, 0.15) is 0 Å². The van der Waals surface area contributed by atoms with E-state index in [-0.39, 0.29) is 11.5 Å². The summed E-state index contributed by atoms with van der Waals surface area (Å²) in [6.45, 7) is 2.28. The summed E-state index contributed by atoms with van der Waals surface area (Å²) in [4.78, 5) is 2.04. The second-order valence-corrected chi connectivity index (χ2v) is 8.50. The summed E-state index contributed by atoms with van der Waals surface area (Å²) < 4.78 is 46.8. The fourth-order valence-electron chi connectivity index (χ4n) is 1.45. The minimum absolute atomic E-state index is 0.304. The van der Waals surface area contributed by atoms with Gasteiger partial charge in [-0.25, -0.2) is 16.8 Å². The maximum absolute atomic E-state index is 11.8. The molecule has 1 saturated heterocycles. The fourth-order valence-corrected chi connectivity index (χ4v) is 4.48. The Bertz CT molecular complexity index is 421. The van der Waals surface area contributed by atoms with Crippen molar-refractivity contribution in [2.45, 2.75) is 0 Å². The number of piperazine rings is 1. The molecule has 1 aliphatic rings. The van der Waals surface area contributed by atoms with Crippen LogP contribution in [0.15, 0.2) is 0 Å². The van der Waals surface area contributed by atoms with Crippen LogP contribution < -0.4 is 0 Å². The SMILES string of the molecule is CN1CCN(S(=O)(=O)CCS(C)(=O)=O)CC1. The maximum atomic E-state index is 11.8. The number of rotatable bonds is 4. The van der Waals surface area contributed by atoms with Gasteiger partial charge in [0.1, 0.15) is 9.84 Å². The summed E-state index contributed by atoms with van der Waals surface area (Å²) in [5.41, 5.74) is 0. The molecule has 6 nitrogen and oxygen atoms in total. The van der Waals surface area contributed by atoms with E-state index >= 15 is 0 Å². The third-order valence-electron chi connectivity index (χ3n) is 2.57. The Kier molecular flexibility index (Phi) is 4.33. The molecule has 0 amide bonds. The lowest BCUT2D eigenvalue weighted by Gasteiger charge is -2.31. The average molecular weight is 270 g/mol. The minimum atomic E-state index is -3.41. The average Bonchev–Trinajstić information content (AvgIpc) is 2.15. The van der Waals surface area contributed by atoms with Crippen LogP contribution >= 0.6 is 0 Å². The Hall–Kier alpha value is -0.180. The van der Waals surface area contributed by atoms with Crippen molar-refractivity contribution in [1.82, 2.24) is 9.21 Å². The van der Waals surface area contributed by atoms with Crippen molar-refractivity contribution in [2.75, 3.05) is 51.0 Å². The number of hydrogen-bond acceptors (Lipinski definition) is 5. The Morgan fingerprint density at radius 2 is 1.44 bits per heavy atom. The van der Waals surface area contributed by atoms with Crippen molar-refractivity contribution in [3.8, 4) is 0 Å². The van der Waals surface area contributed by atoms with Gasteiger partial charge in [-0.15, -0.1) is 0 Å². The summed E-state index contributed by atoms with van der Waals surface area (Å²) in [7, 11) is -4.70. The van der Waals surface area contributed by atoms with Crippen LogP contribution in [0.5, 0.6) is 0 Å². The molecule has 0 unspecified atom stereocenters. The molecule has 0 N–H and O–H groups in total. The number of sulfone groups is 1. The topological polar surface area (TPSA) is 74.8 Å². The molecule has 1 rings (SSSR count). The molecular weight excluding hydrogens is 252 g/mol. The monoisotopic (exact) mass is 270 g/mol. The molecule has 1 fully saturated rings. The van der Waals surface area contributed by atoms with Gasteiger partial charge in [-0.05, 0) is 7.05 Å². The van der Waals surface area contributed by atoms with Gasteiger partial charge < -0.3 is 4.90 Å². The van der Waals surface area contributed by atoms with Crippen molar-refractivity contribution in [3.05, 3.63) is 0 Å². The number of nitrogens with zero attached hydrogens (tertiary/aromatic N) is 2. The number of sulfonamides is 1. The van der Waals surface area contributed by atoms with Crippen molar-refractivity contribution < 1.29 is 16.8 Å². The number of likely N-dealkylation sites (N-methyl/N-ethyl adjacent to an activating group) is 1. The van der Waals surface area contributed by atoms with E-state index in [9.17, 15) is 16.8 Å². The van der Waals surface area contributed by atoms with Gasteiger partial charge in [0.05, 0.1) is 11.5 Å². The lowest BCUT2D eigenvalue weighted by molar-refractivity contribution is 0.222. The molecule has 0 aliphatic carbocycles. The maximum Gasteiger partial charge on any atom is 0.215 e. The Morgan fingerprint density at radius 3 is 1.88 bits per heavy atom. The first-order chi connectivity index (χ1) is 7.21. The molecule has 0 spiro atoms. The molecule has 16 heavy (non-hydrogen) atoms. The zero-order chi connectivity index (χ0) is 12.4. The summed E-state index contributed by atoms with van der Waals surface area (Å²) in [6, 6.07) is 0. The molecule has 96 valence electrons. The van der Waals surface area contributed by atoms with E-state index in [2.05, 4.69) is 0 Å². The van der Waals surface area contributed by atoms with Gasteiger partial charge in [-0.1, -0.05) is 0 Å². The molecule has 0 bridgehead atoms. The van der Waals surface area contributed by atoms with Gasteiger partial charge in [0.25, 0.3) is 0 Å². The van der Waals surface area contributed by atoms with Crippen LogP contribution in [0.25, 0.3) is 0 Å². The smallest absolute Gasteiger partial charge is 0.215 e. The number of hydrogen-bond donors (Lipinski definition) is 0. The summed E-state index contributed by atoms with van der Waals surface area (Å²) in [5.74, 6) is -0.614. The lowest BCUT2D eigenvalue weighted by atomic mass is 10.4. The zero-order valence-corrected chi connectivity index (χ0v) is 11.2. The fraction of sp³-hybridized carbons (Fsp3) is 1.00. The summed E-state index contributed by atoms with van der Waals surface area (Å²) >= 11 is 0. The van der Waals surface area contributed by atoms with Crippen molar-refractivity contribution in [2.24, 2.45) is 0 Å². The van der Waals surface area contributed by atoms with E-state index in [4.69, 9.17) is 0 Å². The standard InChI is InChI=1S/C8H18N2O4S2/c1-9-3-5-10(6-4-9)16(13,14)8-7-15(2,11)12/h3-8H2,1-2H3. The largest absolute Gasteiger partial charge is 0.304 e. The van der Waals surface area contributed by atoms with Crippen LogP contribution in [0.2, 0.25) is 0 Å². The van der Waals surface area contributed by atoms with E-state index in [0.717, 1.165) is 6.26 Å². The van der Waals surface area contributed by atoms with Crippen molar-refractivity contribution >= 4 is 19.9 Å². The Labute approximate surface area is 97.2 Å². The molecule has 8 heteroatoms. The second-order valence-electron chi connectivity index (χ2n) is 4.15. The highest BCUT2D eigenvalue weighted by atomic mass is 32.2. The normalized spacial score (nSPS) is 21.1. The van der Waals surface area contributed by atoms with Gasteiger partial charge >= 0.3 is 0 Å². The second kappa shape index (κ2) is 4.99. The lowest BCUT2D eigenvalue weighted by Crippen LogP contribution is -2.48. The van der Waals surface area contributed by atoms with Gasteiger partial charge in [0.15, 0.2) is 0 Å². The van der Waals surface area contributed by atoms with Crippen LogP contribution in [0.3, 0.4) is 0 Å². The first kappa shape index (κ1) is 13.9. The molecular formula is C8H18N2O4S2. The third kappa shape index (κ3) is 4.36. The molecule has 0 aromatic carbocycles. The van der Waals surface area contributed by atoms with Gasteiger partial charge in [-0.2, -0.15) is 4.31 Å². The predicted molar refractivity (Wildman–Crippen MR) is 62.6 cm³/mol. The molecule has 0 aromatic heterocycles. The minimum Gasteiger partial charge on any atom is -0.304 e. The van der Waals surface area contributed by atoms with Crippen LogP contribution in [-0.4, -0.2) is 77.0 Å². The van der Waals surface area contributed by atoms with E-state index in [1.165, 1.54) is 4.31 Å². The van der Waals surface area contributed by atoms with Crippen LogP contribution in [-0.2, 0) is 19.9 Å². The van der Waals surface area contributed by atoms with Crippen molar-refractivity contribution in [3.63, 3.8) is 0 Å². The highest BCUT2D eigenvalue weighted by molar-refractivity contribution is 7.93. The molecule has 0 aromatic rings. The van der Waals surface area contributed by atoms with Gasteiger partial charge in [0.2, 0.25) is 10.0 Å². The quantitative estimate of drug-likeness (QED) is 0.628. The zero-order valence-electron chi connectivity index (χ0n) is 9.59. The van der Waals surface area contributed by atoms with E-state index in [0.29, 0.717) is 26.2 Å². The highest BCUT2D eigenvalue weighted by Crippen LogP contribution is 2.07. The van der Waals surface area contributed by atoms with Crippen LogP contribution in [0, 0.1) is 0 Å². The van der Waals surface area contributed by atoms with E-state index < -0.39 is 19.9 Å². The van der Waals surface area contributed by atoms with Gasteiger partial charge in [-0.3, -0.25) is 0 Å². The van der Waals surface area contributed by atoms with E-state index in [1.54, 1.807) is 0 Å². The first-order valence-corrected chi connectivity index (χ1v) is 8.72. The van der Waals surface area contributed by atoms with Gasteiger partial charge in [0, 0.05) is 32.4 Å². The molecule has 1 heterocycles. The van der Waals surface area contributed by atoms with Crippen LogP contribution in [0.4, 0.5) is 0 Å². The predicted octanol–water partition coefficient (Wildman–Crippen LogP) is -1.39. The molecule has 0 saturated carbocycles. The summed E-state index contributed by atoms with van der Waals surface area (Å²) in [6.07, 6.45) is 1.05. The Morgan fingerprint density at radius 1 is 0.938 bits per heavy atom. The third-order valence-corrected chi connectivity index (χ3v) is 5.64. The first-order valence-electron chi connectivity index (χ1n) is 5.05. The molecule has 0 atom stereocenters. The van der Waals surface area contributed by atoms with E-state index in [1.807, 2.05) is 11.9 Å². The summed E-state index contributed by atoms with van der Waals surface area (Å²) in [5, 5.41) is 0. The highest BCUT2D eigenvalue weighted by Gasteiger charge is 2.26.